The number of likely N-dealkylation sites (N-methyl/N-ethyl adjacent to an activating group) is 1. The number of hydrogen-bond acceptors (Lipinski definition) is 3. The molecule has 0 aromatic rings. The van der Waals surface area contributed by atoms with Crippen molar-refractivity contribution in [3.05, 3.63) is 0 Å². The van der Waals surface area contributed by atoms with E-state index in [0.717, 1.165) is 39.0 Å². The predicted octanol–water partition coefficient (Wildman–Crippen LogP) is 1.84. The molecule has 0 unspecified atom stereocenters. The van der Waals surface area contributed by atoms with Gasteiger partial charge >= 0.3 is 0 Å². The van der Waals surface area contributed by atoms with Gasteiger partial charge in [0.25, 0.3) is 0 Å². The number of nitrogens with zero attached hydrogens (tertiary/aromatic N) is 2. The average Bonchev–Trinajstić information content (AvgIpc) is 2.50. The Hall–Kier alpha value is -0.610. The maximum atomic E-state index is 12.6. The van der Waals surface area contributed by atoms with E-state index >= 15 is 0 Å². The molecule has 0 aromatic carbocycles. The van der Waals surface area contributed by atoms with Crippen molar-refractivity contribution in [2.75, 3.05) is 32.7 Å². The highest BCUT2D eigenvalue weighted by Gasteiger charge is 2.26. The van der Waals surface area contributed by atoms with Gasteiger partial charge in [-0.1, -0.05) is 19.3 Å². The first-order valence-corrected chi connectivity index (χ1v) is 8.46. The average molecular weight is 281 g/mol. The Morgan fingerprint density at radius 3 is 2.35 bits per heavy atom. The molecule has 2 rings (SSSR count). The quantitative estimate of drug-likeness (QED) is 0.836. The van der Waals surface area contributed by atoms with E-state index < -0.39 is 0 Å². The van der Waals surface area contributed by atoms with Crippen molar-refractivity contribution in [3.63, 3.8) is 0 Å². The summed E-state index contributed by atoms with van der Waals surface area (Å²) in [6.07, 6.45) is 8.63. The van der Waals surface area contributed by atoms with Crippen LogP contribution in [0.3, 0.4) is 0 Å². The lowest BCUT2D eigenvalue weighted by Gasteiger charge is -2.36. The van der Waals surface area contributed by atoms with Gasteiger partial charge in [0.05, 0.1) is 6.54 Å². The fraction of sp³-hybridized carbons (Fsp3) is 0.938. The molecule has 4 heteroatoms. The lowest BCUT2D eigenvalue weighted by Crippen LogP contribution is -2.48. The third-order valence-corrected chi connectivity index (χ3v) is 5.08. The lowest BCUT2D eigenvalue weighted by molar-refractivity contribution is -0.135. The first kappa shape index (κ1) is 15.8. The summed E-state index contributed by atoms with van der Waals surface area (Å²) < 4.78 is 0. The maximum Gasteiger partial charge on any atom is 0.236 e. The van der Waals surface area contributed by atoms with Crippen molar-refractivity contribution in [2.24, 2.45) is 11.7 Å². The van der Waals surface area contributed by atoms with Crippen LogP contribution in [0.2, 0.25) is 0 Å². The third-order valence-electron chi connectivity index (χ3n) is 5.08. The molecule has 1 aliphatic carbocycles. The predicted molar refractivity (Wildman–Crippen MR) is 82.5 cm³/mol. The van der Waals surface area contributed by atoms with E-state index in [1.54, 1.807) is 0 Å². The molecule has 2 fully saturated rings. The summed E-state index contributed by atoms with van der Waals surface area (Å²) in [5, 5.41) is 0. The maximum absolute atomic E-state index is 12.6. The van der Waals surface area contributed by atoms with Crippen molar-refractivity contribution >= 4 is 5.91 Å². The molecule has 0 bridgehead atoms. The van der Waals surface area contributed by atoms with Crippen LogP contribution in [0, 0.1) is 5.92 Å². The minimum atomic E-state index is 0.339. The molecule has 1 aliphatic heterocycles. The van der Waals surface area contributed by atoms with Gasteiger partial charge in [0.1, 0.15) is 0 Å². The Morgan fingerprint density at radius 1 is 1.15 bits per heavy atom. The van der Waals surface area contributed by atoms with E-state index in [0.29, 0.717) is 24.4 Å². The minimum Gasteiger partial charge on any atom is -0.339 e. The van der Waals surface area contributed by atoms with Crippen molar-refractivity contribution in [1.82, 2.24) is 9.80 Å². The van der Waals surface area contributed by atoms with E-state index in [9.17, 15) is 4.79 Å². The second-order valence-corrected chi connectivity index (χ2v) is 6.43. The van der Waals surface area contributed by atoms with Crippen LogP contribution in [0.25, 0.3) is 0 Å². The molecule has 0 spiro atoms. The van der Waals surface area contributed by atoms with Gasteiger partial charge < -0.3 is 10.6 Å². The Bertz CT molecular complexity index is 294. The largest absolute Gasteiger partial charge is 0.339 e. The van der Waals surface area contributed by atoms with Crippen molar-refractivity contribution in [1.29, 1.82) is 0 Å². The number of piperidine rings is 1. The van der Waals surface area contributed by atoms with Crippen LogP contribution in [0.5, 0.6) is 0 Å². The molecule has 0 atom stereocenters. The van der Waals surface area contributed by atoms with Gasteiger partial charge in [0, 0.05) is 12.6 Å². The zero-order valence-corrected chi connectivity index (χ0v) is 13.0. The summed E-state index contributed by atoms with van der Waals surface area (Å²) in [6.45, 7) is 6.47. The summed E-state index contributed by atoms with van der Waals surface area (Å²) in [7, 11) is 0. The Kier molecular flexibility index (Phi) is 6.30. The second kappa shape index (κ2) is 7.99. The van der Waals surface area contributed by atoms with Gasteiger partial charge in [0.2, 0.25) is 5.91 Å². The van der Waals surface area contributed by atoms with Crippen molar-refractivity contribution in [2.45, 2.75) is 57.9 Å². The molecular weight excluding hydrogens is 250 g/mol. The van der Waals surface area contributed by atoms with Crippen LogP contribution in [-0.4, -0.2) is 54.5 Å². The van der Waals surface area contributed by atoms with Crippen LogP contribution in [0.4, 0.5) is 0 Å². The molecule has 116 valence electrons. The highest BCUT2D eigenvalue weighted by molar-refractivity contribution is 5.78. The summed E-state index contributed by atoms with van der Waals surface area (Å²) in [5.74, 6) is 1.01. The van der Waals surface area contributed by atoms with Gasteiger partial charge in [-0.3, -0.25) is 9.69 Å². The van der Waals surface area contributed by atoms with Gasteiger partial charge in [-0.05, 0) is 58.2 Å². The van der Waals surface area contributed by atoms with E-state index in [2.05, 4.69) is 16.7 Å². The fourth-order valence-corrected chi connectivity index (χ4v) is 3.69. The first-order valence-electron chi connectivity index (χ1n) is 8.46. The molecule has 2 N–H and O–H groups in total. The van der Waals surface area contributed by atoms with Crippen LogP contribution in [0.1, 0.15) is 51.9 Å². The van der Waals surface area contributed by atoms with E-state index in [4.69, 9.17) is 5.73 Å². The van der Waals surface area contributed by atoms with E-state index in [1.807, 2.05) is 0 Å². The monoisotopic (exact) mass is 281 g/mol. The molecule has 1 saturated carbocycles. The van der Waals surface area contributed by atoms with Gasteiger partial charge in [-0.2, -0.15) is 0 Å². The topological polar surface area (TPSA) is 49.6 Å². The summed E-state index contributed by atoms with van der Waals surface area (Å²) >= 11 is 0. The second-order valence-electron chi connectivity index (χ2n) is 6.43. The molecule has 0 radical (unpaired) electrons. The highest BCUT2D eigenvalue weighted by Crippen LogP contribution is 2.23. The first-order chi connectivity index (χ1) is 9.74. The summed E-state index contributed by atoms with van der Waals surface area (Å²) in [4.78, 5) is 17.0. The number of rotatable bonds is 5. The zero-order chi connectivity index (χ0) is 14.4. The number of carbonyl (C=O) groups excluding carboxylic acids is 1. The van der Waals surface area contributed by atoms with Crippen molar-refractivity contribution < 1.29 is 4.79 Å². The normalized spacial score (nSPS) is 22.9. The van der Waals surface area contributed by atoms with Gasteiger partial charge in [-0.25, -0.2) is 0 Å². The molecule has 0 aromatic heterocycles. The number of nitrogens with two attached hydrogens (primary N) is 1. The Labute approximate surface area is 123 Å². The highest BCUT2D eigenvalue weighted by atomic mass is 16.2. The number of hydrogen-bond donors (Lipinski definition) is 1. The van der Waals surface area contributed by atoms with Crippen LogP contribution >= 0.6 is 0 Å². The molecule has 1 saturated heterocycles. The number of amides is 1. The van der Waals surface area contributed by atoms with Gasteiger partial charge in [-0.15, -0.1) is 0 Å². The molecule has 4 nitrogen and oxygen atoms in total. The molecule has 20 heavy (non-hydrogen) atoms. The SMILES string of the molecule is CCN(C(=O)CN1CCC(CN)CC1)C1CCCCC1. The minimum absolute atomic E-state index is 0.339. The fourth-order valence-electron chi connectivity index (χ4n) is 3.69. The summed E-state index contributed by atoms with van der Waals surface area (Å²) in [5.41, 5.74) is 5.72. The smallest absolute Gasteiger partial charge is 0.236 e. The third kappa shape index (κ3) is 4.19. The molecule has 1 heterocycles. The molecule has 2 aliphatic rings. The van der Waals surface area contributed by atoms with E-state index in [1.165, 1.54) is 32.1 Å². The lowest BCUT2D eigenvalue weighted by atomic mass is 9.94. The van der Waals surface area contributed by atoms with Crippen molar-refractivity contribution in [3.8, 4) is 0 Å². The standard InChI is InChI=1S/C16H31N3O/c1-2-19(15-6-4-3-5-7-15)16(20)13-18-10-8-14(12-17)9-11-18/h14-15H,2-13,17H2,1H3. The number of carbonyl (C=O) groups is 1. The Morgan fingerprint density at radius 2 is 1.80 bits per heavy atom. The molecule has 1 amide bonds. The van der Waals surface area contributed by atoms with Crippen LogP contribution < -0.4 is 5.73 Å². The molecular formula is C16H31N3O. The van der Waals surface area contributed by atoms with E-state index in [-0.39, 0.29) is 0 Å². The van der Waals surface area contributed by atoms with Crippen LogP contribution in [0.15, 0.2) is 0 Å². The Balaban J connectivity index is 1.80. The number of likely N-dealkylation sites (tertiary alicyclic amines) is 1. The van der Waals surface area contributed by atoms with Crippen LogP contribution in [-0.2, 0) is 4.79 Å². The summed E-state index contributed by atoms with van der Waals surface area (Å²) in [6, 6.07) is 0.503. The zero-order valence-electron chi connectivity index (χ0n) is 13.0. The van der Waals surface area contributed by atoms with Gasteiger partial charge in [0.15, 0.2) is 0 Å².